The number of nitrogens with one attached hydrogen (secondary N) is 1. The zero-order valence-electron chi connectivity index (χ0n) is 15.6. The Morgan fingerprint density at radius 1 is 1.10 bits per heavy atom. The molecule has 1 aromatic heterocycles. The first kappa shape index (κ1) is 20.6. The third-order valence-corrected chi connectivity index (χ3v) is 5.37. The molecule has 1 fully saturated rings. The van der Waals surface area contributed by atoms with Crippen molar-refractivity contribution < 1.29 is 18.9 Å². The molecule has 1 N–H and O–H groups in total. The Bertz CT molecular complexity index is 1250. The predicted molar refractivity (Wildman–Crippen MR) is 118 cm³/mol. The molecular formula is C21H12ClN3O5S. The number of furan rings is 1. The Morgan fingerprint density at radius 3 is 2.48 bits per heavy atom. The van der Waals surface area contributed by atoms with Gasteiger partial charge in [0.05, 0.1) is 9.83 Å². The lowest BCUT2D eigenvalue weighted by Gasteiger charge is -1.97. The fourth-order valence-electron chi connectivity index (χ4n) is 2.69. The molecular weight excluding hydrogens is 442 g/mol. The highest BCUT2D eigenvalue weighted by Crippen LogP contribution is 2.29. The Balaban J connectivity index is 1.49. The van der Waals surface area contributed by atoms with Crippen LogP contribution in [0.25, 0.3) is 17.4 Å². The van der Waals surface area contributed by atoms with E-state index in [9.17, 15) is 19.7 Å². The van der Waals surface area contributed by atoms with Crippen LogP contribution >= 0.6 is 23.4 Å². The second kappa shape index (κ2) is 8.58. The lowest BCUT2D eigenvalue weighted by molar-refractivity contribution is -0.384. The van der Waals surface area contributed by atoms with Crippen molar-refractivity contribution in [2.24, 2.45) is 4.99 Å². The van der Waals surface area contributed by atoms with Gasteiger partial charge in [0.25, 0.3) is 17.5 Å². The fourth-order valence-corrected chi connectivity index (χ4v) is 3.62. The van der Waals surface area contributed by atoms with Crippen LogP contribution in [0.1, 0.15) is 16.1 Å². The summed E-state index contributed by atoms with van der Waals surface area (Å²) in [7, 11) is 0. The molecule has 0 aliphatic carbocycles. The number of carbonyl (C=O) groups is 2. The van der Waals surface area contributed by atoms with Crippen LogP contribution in [0.4, 0.5) is 5.69 Å². The first-order valence-electron chi connectivity index (χ1n) is 8.83. The van der Waals surface area contributed by atoms with Gasteiger partial charge in [-0.3, -0.25) is 19.7 Å². The number of hydrogen-bond donors (Lipinski definition) is 1. The van der Waals surface area contributed by atoms with Gasteiger partial charge < -0.3 is 9.73 Å². The van der Waals surface area contributed by atoms with Gasteiger partial charge >= 0.3 is 0 Å². The van der Waals surface area contributed by atoms with Crippen molar-refractivity contribution in [3.8, 4) is 11.3 Å². The van der Waals surface area contributed by atoms with Gasteiger partial charge in [-0.25, -0.2) is 0 Å². The Labute approximate surface area is 184 Å². The molecule has 4 rings (SSSR count). The van der Waals surface area contributed by atoms with Crippen LogP contribution in [0.5, 0.6) is 0 Å². The maximum Gasteiger partial charge on any atom is 0.279 e. The zero-order valence-corrected chi connectivity index (χ0v) is 17.1. The Morgan fingerprint density at radius 2 is 1.81 bits per heavy atom. The van der Waals surface area contributed by atoms with Gasteiger partial charge in [-0.2, -0.15) is 4.99 Å². The molecule has 154 valence electrons. The maximum atomic E-state index is 12.2. The number of amides is 2. The van der Waals surface area contributed by atoms with Crippen molar-refractivity contribution in [2.75, 3.05) is 0 Å². The summed E-state index contributed by atoms with van der Waals surface area (Å²) in [5.41, 5.74) is 0.995. The van der Waals surface area contributed by atoms with E-state index in [1.165, 1.54) is 18.2 Å². The Kier molecular flexibility index (Phi) is 5.70. The molecule has 2 aromatic carbocycles. The van der Waals surface area contributed by atoms with Crippen molar-refractivity contribution in [2.45, 2.75) is 0 Å². The molecule has 3 aromatic rings. The second-order valence-electron chi connectivity index (χ2n) is 6.30. The van der Waals surface area contributed by atoms with Gasteiger partial charge in [0.1, 0.15) is 11.5 Å². The number of aliphatic imine (C=N–C) groups is 1. The smallest absolute Gasteiger partial charge is 0.279 e. The van der Waals surface area contributed by atoms with Crippen molar-refractivity contribution in [1.82, 2.24) is 5.32 Å². The minimum absolute atomic E-state index is 0.0170. The number of carbonyl (C=O) groups excluding carboxylic acids is 2. The molecule has 0 spiro atoms. The molecule has 8 nitrogen and oxygen atoms in total. The van der Waals surface area contributed by atoms with Crippen LogP contribution in [0, 0.1) is 10.1 Å². The van der Waals surface area contributed by atoms with Gasteiger partial charge in [-0.05, 0) is 60.3 Å². The lowest BCUT2D eigenvalue weighted by atomic mass is 10.1. The molecule has 2 amide bonds. The average molecular weight is 454 g/mol. The quantitative estimate of drug-likeness (QED) is 0.341. The van der Waals surface area contributed by atoms with Crippen LogP contribution in [-0.2, 0) is 4.79 Å². The fraction of sp³-hybridized carbons (Fsp3) is 0. The SMILES string of the molecule is O=C1NC(=NC(=O)c2ccc(Cl)cc2)S/C1=C\c1ccc(-c2ccc([N+](=O)[O-])cc2)o1. The van der Waals surface area contributed by atoms with E-state index in [0.29, 0.717) is 32.6 Å². The van der Waals surface area contributed by atoms with E-state index in [0.717, 1.165) is 11.8 Å². The van der Waals surface area contributed by atoms with Crippen molar-refractivity contribution >= 4 is 52.1 Å². The number of nitro groups is 1. The Hall–Kier alpha value is -3.69. The summed E-state index contributed by atoms with van der Waals surface area (Å²) in [6, 6.07) is 15.6. The maximum absolute atomic E-state index is 12.2. The molecule has 10 heteroatoms. The summed E-state index contributed by atoms with van der Waals surface area (Å²) in [5.74, 6) is 0.00774. The monoisotopic (exact) mass is 453 g/mol. The van der Waals surface area contributed by atoms with E-state index in [1.54, 1.807) is 48.5 Å². The van der Waals surface area contributed by atoms with E-state index in [2.05, 4.69) is 10.3 Å². The molecule has 1 aliphatic heterocycles. The molecule has 31 heavy (non-hydrogen) atoms. The molecule has 0 saturated carbocycles. The van der Waals surface area contributed by atoms with Gasteiger partial charge in [0.15, 0.2) is 5.17 Å². The number of nitrogens with zero attached hydrogens (tertiary/aromatic N) is 2. The molecule has 0 bridgehead atoms. The van der Waals surface area contributed by atoms with Crippen molar-refractivity contribution in [3.05, 3.63) is 92.0 Å². The second-order valence-corrected chi connectivity index (χ2v) is 7.77. The van der Waals surface area contributed by atoms with E-state index >= 15 is 0 Å². The number of thioether (sulfide) groups is 1. The molecule has 1 aliphatic rings. The molecule has 0 unspecified atom stereocenters. The first-order chi connectivity index (χ1) is 14.9. The normalized spacial score (nSPS) is 16.0. The lowest BCUT2D eigenvalue weighted by Crippen LogP contribution is -2.20. The predicted octanol–water partition coefficient (Wildman–Crippen LogP) is 4.91. The zero-order chi connectivity index (χ0) is 22.0. The summed E-state index contributed by atoms with van der Waals surface area (Å²) in [6.45, 7) is 0. The topological polar surface area (TPSA) is 115 Å². The third-order valence-electron chi connectivity index (χ3n) is 4.21. The summed E-state index contributed by atoms with van der Waals surface area (Å²) in [5, 5.41) is 14.0. The van der Waals surface area contributed by atoms with E-state index in [-0.39, 0.29) is 10.9 Å². The first-order valence-corrected chi connectivity index (χ1v) is 10.0. The van der Waals surface area contributed by atoms with Crippen molar-refractivity contribution in [1.29, 1.82) is 0 Å². The van der Waals surface area contributed by atoms with Gasteiger partial charge in [0.2, 0.25) is 0 Å². The van der Waals surface area contributed by atoms with E-state index in [4.69, 9.17) is 16.0 Å². The summed E-state index contributed by atoms with van der Waals surface area (Å²) < 4.78 is 5.72. The average Bonchev–Trinajstić information content (AvgIpc) is 3.35. The number of rotatable bonds is 4. The van der Waals surface area contributed by atoms with Crippen LogP contribution in [0.2, 0.25) is 5.02 Å². The van der Waals surface area contributed by atoms with Gasteiger partial charge in [-0.15, -0.1) is 0 Å². The van der Waals surface area contributed by atoms with Crippen LogP contribution < -0.4 is 5.32 Å². The number of halogens is 1. The van der Waals surface area contributed by atoms with Gasteiger partial charge in [0, 0.05) is 34.4 Å². The number of amidine groups is 1. The number of non-ortho nitro benzene ring substituents is 1. The van der Waals surface area contributed by atoms with Crippen LogP contribution in [0.3, 0.4) is 0 Å². The van der Waals surface area contributed by atoms with E-state index < -0.39 is 16.7 Å². The van der Waals surface area contributed by atoms with E-state index in [1.807, 2.05) is 0 Å². The molecule has 0 radical (unpaired) electrons. The minimum Gasteiger partial charge on any atom is -0.457 e. The van der Waals surface area contributed by atoms with Gasteiger partial charge in [-0.1, -0.05) is 11.6 Å². The summed E-state index contributed by atoms with van der Waals surface area (Å²) in [6.07, 6.45) is 1.53. The molecule has 1 saturated heterocycles. The minimum atomic E-state index is -0.501. The summed E-state index contributed by atoms with van der Waals surface area (Å²) >= 11 is 6.83. The highest BCUT2D eigenvalue weighted by atomic mass is 35.5. The molecule has 2 heterocycles. The number of benzene rings is 2. The largest absolute Gasteiger partial charge is 0.457 e. The highest BCUT2D eigenvalue weighted by Gasteiger charge is 2.25. The third kappa shape index (κ3) is 4.73. The van der Waals surface area contributed by atoms with Crippen molar-refractivity contribution in [3.63, 3.8) is 0 Å². The van der Waals surface area contributed by atoms with Crippen LogP contribution in [-0.4, -0.2) is 21.9 Å². The summed E-state index contributed by atoms with van der Waals surface area (Å²) in [4.78, 5) is 39.0. The molecule has 0 atom stereocenters. The number of hydrogen-bond acceptors (Lipinski definition) is 6. The van der Waals surface area contributed by atoms with Crippen LogP contribution in [0.15, 0.2) is 75.0 Å². The highest BCUT2D eigenvalue weighted by molar-refractivity contribution is 8.18. The number of nitro benzene ring substituents is 1. The standard InChI is InChI=1S/C21H12ClN3O5S/c22-14-5-1-13(2-6-14)19(26)23-21-24-20(27)18(31-21)11-16-9-10-17(30-16)12-3-7-15(8-4-12)25(28)29/h1-11H,(H,23,24,26,27)/b18-11-.